The Labute approximate surface area is 207 Å². The molecule has 0 radical (unpaired) electrons. The predicted octanol–water partition coefficient (Wildman–Crippen LogP) is 3.86. The van der Waals surface area contributed by atoms with E-state index in [1.54, 1.807) is 35.2 Å². The number of para-hydroxylation sites is 1. The molecular weight excluding hydrogens is 462 g/mol. The molecule has 0 unspecified atom stereocenters. The van der Waals surface area contributed by atoms with E-state index >= 15 is 0 Å². The minimum absolute atomic E-state index is 0.0438. The monoisotopic (exact) mass is 493 g/mol. The van der Waals surface area contributed by atoms with Crippen molar-refractivity contribution in [1.29, 1.82) is 0 Å². The summed E-state index contributed by atoms with van der Waals surface area (Å²) in [4.78, 5) is 17.4. The van der Waals surface area contributed by atoms with Crippen molar-refractivity contribution in [2.45, 2.75) is 18.7 Å². The first kappa shape index (κ1) is 24.6. The number of piperazine rings is 1. The van der Waals surface area contributed by atoms with Crippen molar-refractivity contribution in [2.75, 3.05) is 49.0 Å². The first-order valence-corrected chi connectivity index (χ1v) is 13.1. The van der Waals surface area contributed by atoms with Gasteiger partial charge in [-0.2, -0.15) is 0 Å². The molecule has 1 heterocycles. The number of ether oxygens (including phenoxy) is 1. The van der Waals surface area contributed by atoms with Crippen LogP contribution in [-0.2, 0) is 14.8 Å². The molecule has 0 aromatic heterocycles. The Morgan fingerprint density at radius 2 is 1.51 bits per heavy atom. The van der Waals surface area contributed by atoms with Crippen LogP contribution in [0, 0.1) is 13.8 Å². The summed E-state index contributed by atoms with van der Waals surface area (Å²) in [6, 6.07) is 22.2. The third-order valence-electron chi connectivity index (χ3n) is 6.24. The number of anilines is 2. The minimum atomic E-state index is -4.07. The van der Waals surface area contributed by atoms with Gasteiger partial charge in [0.15, 0.2) is 0 Å². The topological polar surface area (TPSA) is 70.2 Å². The van der Waals surface area contributed by atoms with Gasteiger partial charge in [-0.25, -0.2) is 8.42 Å². The summed E-state index contributed by atoms with van der Waals surface area (Å²) in [5.74, 6) is 0.0186. The zero-order valence-corrected chi connectivity index (χ0v) is 21.2. The maximum Gasteiger partial charge on any atom is 0.268 e. The van der Waals surface area contributed by atoms with E-state index < -0.39 is 10.0 Å². The van der Waals surface area contributed by atoms with Crippen molar-refractivity contribution in [3.63, 3.8) is 0 Å². The molecule has 0 aliphatic carbocycles. The molecule has 1 aliphatic heterocycles. The van der Waals surface area contributed by atoms with Gasteiger partial charge in [-0.15, -0.1) is 0 Å². The van der Waals surface area contributed by atoms with E-state index in [4.69, 9.17) is 4.74 Å². The zero-order valence-electron chi connectivity index (χ0n) is 20.3. The van der Waals surface area contributed by atoms with Crippen LogP contribution in [0.1, 0.15) is 11.1 Å². The van der Waals surface area contributed by atoms with Crippen LogP contribution in [0.15, 0.2) is 77.7 Å². The van der Waals surface area contributed by atoms with Gasteiger partial charge in [-0.05, 0) is 55.8 Å². The number of carbonyl (C=O) groups excluding carboxylic acids is 1. The average molecular weight is 494 g/mol. The Balaban J connectivity index is 1.59. The lowest BCUT2D eigenvalue weighted by Crippen LogP contribution is -2.52. The first-order valence-electron chi connectivity index (χ1n) is 11.6. The molecule has 35 heavy (non-hydrogen) atoms. The van der Waals surface area contributed by atoms with E-state index in [9.17, 15) is 13.2 Å². The van der Waals surface area contributed by atoms with Crippen LogP contribution >= 0.6 is 0 Å². The van der Waals surface area contributed by atoms with E-state index in [0.717, 1.165) is 16.8 Å². The molecule has 4 rings (SSSR count). The van der Waals surface area contributed by atoms with Gasteiger partial charge in [0.25, 0.3) is 10.0 Å². The number of sulfonamides is 1. The van der Waals surface area contributed by atoms with E-state index in [-0.39, 0.29) is 23.1 Å². The summed E-state index contributed by atoms with van der Waals surface area (Å²) in [6.45, 7) is 5.92. The fourth-order valence-electron chi connectivity index (χ4n) is 4.21. The van der Waals surface area contributed by atoms with E-state index in [1.165, 1.54) is 11.4 Å². The Kier molecular flexibility index (Phi) is 7.31. The van der Waals surface area contributed by atoms with Crippen LogP contribution < -0.4 is 13.9 Å². The summed E-state index contributed by atoms with van der Waals surface area (Å²) in [7, 11) is -2.63. The molecule has 1 aliphatic rings. The summed E-state index contributed by atoms with van der Waals surface area (Å²) < 4.78 is 34.3. The highest BCUT2D eigenvalue weighted by molar-refractivity contribution is 7.93. The molecule has 0 bridgehead atoms. The van der Waals surface area contributed by atoms with Gasteiger partial charge >= 0.3 is 0 Å². The molecule has 1 fully saturated rings. The molecule has 1 amide bonds. The molecule has 3 aromatic carbocycles. The molecule has 3 aromatic rings. The average Bonchev–Trinajstić information content (AvgIpc) is 2.88. The van der Waals surface area contributed by atoms with Crippen LogP contribution in [0.2, 0.25) is 0 Å². The van der Waals surface area contributed by atoms with Gasteiger partial charge < -0.3 is 14.5 Å². The molecular formula is C27H31N3O4S. The SMILES string of the molecule is COc1ccc(C)cc1S(=O)(=O)N(CC(=O)N1CCN(c2ccccc2)CC1)c1ccc(C)cc1. The first-order chi connectivity index (χ1) is 16.8. The fourth-order valence-corrected chi connectivity index (χ4v) is 5.86. The van der Waals surface area contributed by atoms with Crippen LogP contribution in [0.5, 0.6) is 5.75 Å². The second kappa shape index (κ2) is 10.4. The van der Waals surface area contributed by atoms with Crippen LogP contribution in [0.4, 0.5) is 11.4 Å². The number of hydrogen-bond donors (Lipinski definition) is 0. The van der Waals surface area contributed by atoms with Gasteiger partial charge in [-0.3, -0.25) is 9.10 Å². The Morgan fingerprint density at radius 3 is 2.14 bits per heavy atom. The summed E-state index contributed by atoms with van der Waals surface area (Å²) in [5, 5.41) is 0. The normalized spacial score (nSPS) is 14.0. The van der Waals surface area contributed by atoms with Gasteiger partial charge in [-0.1, -0.05) is 42.0 Å². The minimum Gasteiger partial charge on any atom is -0.495 e. The van der Waals surface area contributed by atoms with Crippen molar-refractivity contribution in [3.8, 4) is 5.75 Å². The molecule has 8 heteroatoms. The number of nitrogens with zero attached hydrogens (tertiary/aromatic N) is 3. The molecule has 7 nitrogen and oxygen atoms in total. The molecule has 0 spiro atoms. The fraction of sp³-hybridized carbons (Fsp3) is 0.296. The lowest BCUT2D eigenvalue weighted by Gasteiger charge is -2.37. The summed E-state index contributed by atoms with van der Waals surface area (Å²) >= 11 is 0. The number of amides is 1. The highest BCUT2D eigenvalue weighted by atomic mass is 32.2. The Bertz CT molecular complexity index is 1270. The lowest BCUT2D eigenvalue weighted by molar-refractivity contribution is -0.129. The second-order valence-corrected chi connectivity index (χ2v) is 10.5. The number of rotatable bonds is 7. The summed E-state index contributed by atoms with van der Waals surface area (Å²) in [5.41, 5.74) is 3.35. The Hall–Kier alpha value is -3.52. The molecule has 0 saturated carbocycles. The third kappa shape index (κ3) is 5.43. The van der Waals surface area contributed by atoms with Crippen LogP contribution in [0.3, 0.4) is 0 Å². The number of aryl methyl sites for hydroxylation is 2. The number of methoxy groups -OCH3 is 1. The van der Waals surface area contributed by atoms with Crippen molar-refractivity contribution < 1.29 is 17.9 Å². The quantitative estimate of drug-likeness (QED) is 0.500. The van der Waals surface area contributed by atoms with Crippen LogP contribution in [-0.4, -0.2) is 59.1 Å². The zero-order chi connectivity index (χ0) is 25.0. The molecule has 184 valence electrons. The van der Waals surface area contributed by atoms with Crippen molar-refractivity contribution >= 4 is 27.3 Å². The number of hydrogen-bond acceptors (Lipinski definition) is 5. The standard InChI is InChI=1S/C27H31N3O4S/c1-21-9-12-24(13-10-21)30(35(32,33)26-19-22(2)11-14-25(26)34-3)20-27(31)29-17-15-28(16-18-29)23-7-5-4-6-8-23/h4-14,19H,15-18,20H2,1-3H3. The van der Waals surface area contributed by atoms with E-state index in [0.29, 0.717) is 31.9 Å². The Morgan fingerprint density at radius 1 is 0.886 bits per heavy atom. The van der Waals surface area contributed by atoms with Crippen molar-refractivity contribution in [3.05, 3.63) is 83.9 Å². The predicted molar refractivity (Wildman–Crippen MR) is 139 cm³/mol. The largest absolute Gasteiger partial charge is 0.495 e. The second-order valence-electron chi connectivity index (χ2n) is 8.70. The number of benzene rings is 3. The maximum absolute atomic E-state index is 13.9. The lowest BCUT2D eigenvalue weighted by atomic mass is 10.2. The highest BCUT2D eigenvalue weighted by Gasteiger charge is 2.32. The van der Waals surface area contributed by atoms with Gasteiger partial charge in [0.1, 0.15) is 17.2 Å². The molecule has 1 saturated heterocycles. The number of carbonyl (C=O) groups is 1. The van der Waals surface area contributed by atoms with Crippen LogP contribution in [0.25, 0.3) is 0 Å². The highest BCUT2D eigenvalue weighted by Crippen LogP contribution is 2.31. The van der Waals surface area contributed by atoms with Gasteiger partial charge in [0.2, 0.25) is 5.91 Å². The van der Waals surface area contributed by atoms with Gasteiger partial charge in [0.05, 0.1) is 12.8 Å². The molecule has 0 N–H and O–H groups in total. The van der Waals surface area contributed by atoms with E-state index in [1.807, 2.05) is 44.2 Å². The van der Waals surface area contributed by atoms with Crippen molar-refractivity contribution in [1.82, 2.24) is 4.90 Å². The van der Waals surface area contributed by atoms with E-state index in [2.05, 4.69) is 17.0 Å². The van der Waals surface area contributed by atoms with Crippen molar-refractivity contribution in [2.24, 2.45) is 0 Å². The maximum atomic E-state index is 13.9. The molecule has 0 atom stereocenters. The third-order valence-corrected chi connectivity index (χ3v) is 8.04. The smallest absolute Gasteiger partial charge is 0.268 e. The van der Waals surface area contributed by atoms with Gasteiger partial charge in [0, 0.05) is 31.9 Å². The summed E-state index contributed by atoms with van der Waals surface area (Å²) in [6.07, 6.45) is 0.